The molecule has 2 aromatic carbocycles. The molecule has 0 atom stereocenters. The third kappa shape index (κ3) is 1.72. The van der Waals surface area contributed by atoms with Gasteiger partial charge in [-0.25, -0.2) is 0 Å². The molecule has 20 heavy (non-hydrogen) atoms. The molecule has 2 aliphatic heterocycles. The summed E-state index contributed by atoms with van der Waals surface area (Å²) in [6.07, 6.45) is 0. The number of rotatable bonds is 2. The second-order valence-corrected chi connectivity index (χ2v) is 5.09. The topological polar surface area (TPSA) is 47.5 Å². The molecule has 4 nitrogen and oxygen atoms in total. The van der Waals surface area contributed by atoms with Gasteiger partial charge < -0.3 is 9.47 Å². The van der Waals surface area contributed by atoms with E-state index in [2.05, 4.69) is 28.8 Å². The molecule has 0 amide bonds. The molecule has 4 heteroatoms. The van der Waals surface area contributed by atoms with Gasteiger partial charge in [-0.3, -0.25) is 10.3 Å². The first-order valence-electron chi connectivity index (χ1n) is 6.65. The molecule has 100 valence electrons. The summed E-state index contributed by atoms with van der Waals surface area (Å²) < 4.78 is 12.9. The van der Waals surface area contributed by atoms with Crippen LogP contribution in [0.2, 0.25) is 0 Å². The summed E-state index contributed by atoms with van der Waals surface area (Å²) in [4.78, 5) is 0. The lowest BCUT2D eigenvalue weighted by atomic mass is 10.1. The van der Waals surface area contributed by atoms with Gasteiger partial charge in [0.1, 0.15) is 13.1 Å². The number of nitrogens with zero attached hydrogens (tertiary/aromatic N) is 1. The van der Waals surface area contributed by atoms with Crippen molar-refractivity contribution in [3.63, 3.8) is 0 Å². The molecule has 0 unspecified atom stereocenters. The predicted molar refractivity (Wildman–Crippen MR) is 75.0 cm³/mol. The SMILES string of the molecule is NC1=[N+](Cc2ccc3c(c2)OCO3)Cc2ccccc21. The third-order valence-electron chi connectivity index (χ3n) is 3.81. The highest BCUT2D eigenvalue weighted by Gasteiger charge is 2.24. The standard InChI is InChI=1S/C16H14N2O2/c17-16-13-4-2-1-3-12(13)9-18(16)8-11-5-6-14-15(7-11)20-10-19-14/h1-7,17H,8-10H2/p+1. The molecular formula is C16H15N2O2+. The highest BCUT2D eigenvalue weighted by Crippen LogP contribution is 2.33. The third-order valence-corrected chi connectivity index (χ3v) is 3.81. The smallest absolute Gasteiger partial charge is 0.275 e. The Morgan fingerprint density at radius 2 is 1.90 bits per heavy atom. The molecule has 0 saturated carbocycles. The minimum atomic E-state index is 0.308. The van der Waals surface area contributed by atoms with Crippen molar-refractivity contribution in [3.05, 3.63) is 59.2 Å². The van der Waals surface area contributed by atoms with Crippen molar-refractivity contribution < 1.29 is 14.0 Å². The first kappa shape index (κ1) is 11.3. The van der Waals surface area contributed by atoms with Crippen LogP contribution in [0.25, 0.3) is 0 Å². The van der Waals surface area contributed by atoms with Crippen molar-refractivity contribution in [2.75, 3.05) is 6.79 Å². The Morgan fingerprint density at radius 3 is 2.80 bits per heavy atom. The van der Waals surface area contributed by atoms with Crippen LogP contribution in [0.15, 0.2) is 42.5 Å². The first-order chi connectivity index (χ1) is 9.81. The van der Waals surface area contributed by atoms with E-state index in [0.717, 1.165) is 36.0 Å². The van der Waals surface area contributed by atoms with E-state index in [9.17, 15) is 0 Å². The minimum Gasteiger partial charge on any atom is -0.454 e. The number of nitrogens with two attached hydrogens (primary N) is 1. The van der Waals surface area contributed by atoms with Gasteiger partial charge in [-0.15, -0.1) is 0 Å². The molecule has 2 aliphatic rings. The lowest BCUT2D eigenvalue weighted by molar-refractivity contribution is -0.555. The van der Waals surface area contributed by atoms with Gasteiger partial charge in [-0.05, 0) is 23.8 Å². The summed E-state index contributed by atoms with van der Waals surface area (Å²) in [6, 6.07) is 14.3. The van der Waals surface area contributed by atoms with Crippen molar-refractivity contribution in [1.82, 2.24) is 0 Å². The molecule has 0 fully saturated rings. The quantitative estimate of drug-likeness (QED) is 0.845. The van der Waals surface area contributed by atoms with Gasteiger partial charge in [0.2, 0.25) is 6.79 Å². The van der Waals surface area contributed by atoms with E-state index in [0.29, 0.717) is 6.79 Å². The highest BCUT2D eigenvalue weighted by molar-refractivity contribution is 5.96. The summed E-state index contributed by atoms with van der Waals surface area (Å²) in [5.41, 5.74) is 9.84. The van der Waals surface area contributed by atoms with Gasteiger partial charge in [0.15, 0.2) is 11.5 Å². The van der Waals surface area contributed by atoms with E-state index in [4.69, 9.17) is 15.2 Å². The van der Waals surface area contributed by atoms with Crippen molar-refractivity contribution in [2.45, 2.75) is 13.1 Å². The minimum absolute atomic E-state index is 0.308. The molecule has 0 saturated heterocycles. The van der Waals surface area contributed by atoms with Crippen LogP contribution in [0, 0.1) is 0 Å². The molecule has 0 bridgehead atoms. The van der Waals surface area contributed by atoms with E-state index in [-0.39, 0.29) is 0 Å². The van der Waals surface area contributed by atoms with E-state index < -0.39 is 0 Å². The summed E-state index contributed by atoms with van der Waals surface area (Å²) in [7, 11) is 0. The second kappa shape index (κ2) is 4.27. The van der Waals surface area contributed by atoms with Gasteiger partial charge in [0, 0.05) is 5.56 Å². The van der Waals surface area contributed by atoms with Crippen molar-refractivity contribution in [1.29, 1.82) is 0 Å². The summed E-state index contributed by atoms with van der Waals surface area (Å²) in [5.74, 6) is 2.48. The van der Waals surface area contributed by atoms with Crippen LogP contribution >= 0.6 is 0 Å². The molecule has 2 aromatic rings. The fourth-order valence-corrected chi connectivity index (χ4v) is 2.77. The Hall–Kier alpha value is -2.49. The number of hydrogen-bond acceptors (Lipinski definition) is 3. The molecule has 0 spiro atoms. The maximum Gasteiger partial charge on any atom is 0.275 e. The molecule has 0 radical (unpaired) electrons. The van der Waals surface area contributed by atoms with Crippen LogP contribution in [0.5, 0.6) is 11.5 Å². The van der Waals surface area contributed by atoms with Crippen LogP contribution in [-0.4, -0.2) is 17.2 Å². The maximum atomic E-state index is 6.24. The van der Waals surface area contributed by atoms with Gasteiger partial charge in [-0.1, -0.05) is 24.3 Å². The molecule has 0 aromatic heterocycles. The van der Waals surface area contributed by atoms with Gasteiger partial charge in [0.25, 0.3) is 5.84 Å². The van der Waals surface area contributed by atoms with Crippen molar-refractivity contribution in [2.24, 2.45) is 5.73 Å². The lowest BCUT2D eigenvalue weighted by Gasteiger charge is -2.04. The van der Waals surface area contributed by atoms with Crippen LogP contribution in [0.4, 0.5) is 0 Å². The number of fused-ring (bicyclic) bond motifs is 2. The summed E-state index contributed by atoms with van der Waals surface area (Å²) in [6.45, 7) is 1.94. The van der Waals surface area contributed by atoms with E-state index in [1.165, 1.54) is 11.1 Å². The zero-order valence-corrected chi connectivity index (χ0v) is 11.0. The maximum absolute atomic E-state index is 6.24. The van der Waals surface area contributed by atoms with E-state index in [1.807, 2.05) is 18.2 Å². The van der Waals surface area contributed by atoms with Crippen LogP contribution < -0.4 is 15.2 Å². The van der Waals surface area contributed by atoms with Crippen LogP contribution in [0.1, 0.15) is 16.7 Å². The summed E-state index contributed by atoms with van der Waals surface area (Å²) in [5, 5.41) is 0. The van der Waals surface area contributed by atoms with E-state index >= 15 is 0 Å². The Bertz CT molecular complexity index is 722. The molecular weight excluding hydrogens is 252 g/mol. The average molecular weight is 267 g/mol. The highest BCUT2D eigenvalue weighted by atomic mass is 16.7. The van der Waals surface area contributed by atoms with Gasteiger partial charge in [0.05, 0.1) is 5.56 Å². The zero-order valence-electron chi connectivity index (χ0n) is 11.0. The van der Waals surface area contributed by atoms with Crippen molar-refractivity contribution in [3.8, 4) is 11.5 Å². The fraction of sp³-hybridized carbons (Fsp3) is 0.188. The molecule has 2 N–H and O–H groups in total. The van der Waals surface area contributed by atoms with E-state index in [1.54, 1.807) is 0 Å². The second-order valence-electron chi connectivity index (χ2n) is 5.09. The number of amidine groups is 1. The number of hydrogen-bond donors (Lipinski definition) is 1. The molecule has 0 aliphatic carbocycles. The Balaban J connectivity index is 1.63. The number of ether oxygens (including phenoxy) is 2. The van der Waals surface area contributed by atoms with Gasteiger partial charge >= 0.3 is 0 Å². The monoisotopic (exact) mass is 267 g/mol. The molecule has 4 rings (SSSR count). The average Bonchev–Trinajstić information content (AvgIpc) is 3.05. The summed E-state index contributed by atoms with van der Waals surface area (Å²) >= 11 is 0. The Labute approximate surface area is 117 Å². The largest absolute Gasteiger partial charge is 0.454 e. The number of benzene rings is 2. The zero-order chi connectivity index (χ0) is 13.5. The van der Waals surface area contributed by atoms with Gasteiger partial charge in [-0.2, -0.15) is 0 Å². The molecule has 2 heterocycles. The predicted octanol–water partition coefficient (Wildman–Crippen LogP) is 1.85. The van der Waals surface area contributed by atoms with Crippen LogP contribution in [0.3, 0.4) is 0 Å². The fourth-order valence-electron chi connectivity index (χ4n) is 2.77. The Kier molecular flexibility index (Phi) is 2.42. The van der Waals surface area contributed by atoms with Crippen LogP contribution in [-0.2, 0) is 13.1 Å². The first-order valence-corrected chi connectivity index (χ1v) is 6.65. The normalized spacial score (nSPS) is 15.6. The van der Waals surface area contributed by atoms with Crippen molar-refractivity contribution >= 4 is 5.84 Å². The Morgan fingerprint density at radius 1 is 1.05 bits per heavy atom. The lowest BCUT2D eigenvalue weighted by Crippen LogP contribution is -2.23.